The van der Waals surface area contributed by atoms with Crippen molar-refractivity contribution in [3.8, 4) is 0 Å². The zero-order valence-electron chi connectivity index (χ0n) is 14.4. The molecule has 1 aliphatic heterocycles. The normalized spacial score (nSPS) is 16.5. The number of hydrogen-bond donors (Lipinski definition) is 1. The van der Waals surface area contributed by atoms with E-state index in [4.69, 9.17) is 16.3 Å². The van der Waals surface area contributed by atoms with Crippen molar-refractivity contribution in [3.63, 3.8) is 0 Å². The molecule has 0 spiro atoms. The number of ether oxygens (including phenoxy) is 1. The number of carbonyl (C=O) groups is 1. The van der Waals surface area contributed by atoms with Crippen LogP contribution in [0.4, 0.5) is 18.9 Å². The highest BCUT2D eigenvalue weighted by Crippen LogP contribution is 2.33. The van der Waals surface area contributed by atoms with E-state index in [-0.39, 0.29) is 23.2 Å². The number of hydrazone groups is 1. The van der Waals surface area contributed by atoms with Gasteiger partial charge in [0.05, 0.1) is 22.9 Å². The van der Waals surface area contributed by atoms with Gasteiger partial charge in [-0.1, -0.05) is 11.6 Å². The van der Waals surface area contributed by atoms with Crippen molar-refractivity contribution in [1.29, 1.82) is 0 Å². The monoisotopic (exact) mass is 392 g/mol. The average Bonchev–Trinajstić information content (AvgIpc) is 2.57. The number of alkyl halides is 3. The first-order valence-corrected chi connectivity index (χ1v) is 8.41. The lowest BCUT2D eigenvalue weighted by molar-refractivity contribution is -0.138. The van der Waals surface area contributed by atoms with E-state index in [2.05, 4.69) is 15.4 Å². The summed E-state index contributed by atoms with van der Waals surface area (Å²) in [7, 11) is 1.96. The van der Waals surface area contributed by atoms with Crippen molar-refractivity contribution in [2.75, 3.05) is 45.3 Å². The largest absolute Gasteiger partial charge is 0.460 e. The molecule has 1 aliphatic rings. The Kier molecular flexibility index (Phi) is 6.71. The first-order chi connectivity index (χ1) is 12.2. The van der Waals surface area contributed by atoms with Crippen LogP contribution >= 0.6 is 11.6 Å². The molecule has 1 aromatic rings. The minimum absolute atomic E-state index is 0.00780. The zero-order chi connectivity index (χ0) is 19.3. The van der Waals surface area contributed by atoms with Gasteiger partial charge in [-0.15, -0.1) is 5.10 Å². The Bertz CT molecular complexity index is 674. The second kappa shape index (κ2) is 8.59. The summed E-state index contributed by atoms with van der Waals surface area (Å²) in [6, 6.07) is 2.85. The number of likely N-dealkylation sites (N-methyl/N-ethyl adjacent to an activating group) is 1. The highest BCUT2D eigenvalue weighted by molar-refractivity contribution is 6.35. The van der Waals surface area contributed by atoms with Gasteiger partial charge in [0.2, 0.25) is 5.84 Å². The SMILES string of the molecule is CCOC(=O)/C(=N/Nc1cc(C(F)(F)F)ccc1Cl)N1CCN(C)CC1. The molecule has 1 fully saturated rings. The molecule has 26 heavy (non-hydrogen) atoms. The fraction of sp³-hybridized carbons (Fsp3) is 0.500. The molecule has 6 nitrogen and oxygen atoms in total. The number of anilines is 1. The smallest absolute Gasteiger partial charge is 0.416 e. The molecule has 0 aliphatic carbocycles. The molecule has 0 unspecified atom stereocenters. The third-order valence-corrected chi connectivity index (χ3v) is 4.17. The summed E-state index contributed by atoms with van der Waals surface area (Å²) >= 11 is 5.94. The van der Waals surface area contributed by atoms with Crippen LogP contribution in [-0.2, 0) is 15.7 Å². The number of benzene rings is 1. The van der Waals surface area contributed by atoms with E-state index in [1.165, 1.54) is 0 Å². The minimum atomic E-state index is -4.51. The van der Waals surface area contributed by atoms with E-state index in [0.29, 0.717) is 13.1 Å². The number of nitrogens with one attached hydrogen (secondary N) is 1. The molecule has 1 heterocycles. The third-order valence-electron chi connectivity index (χ3n) is 3.84. The predicted molar refractivity (Wildman–Crippen MR) is 93.2 cm³/mol. The van der Waals surface area contributed by atoms with Gasteiger partial charge in [0.1, 0.15) is 0 Å². The summed E-state index contributed by atoms with van der Waals surface area (Å²) in [6.45, 7) is 4.37. The Balaban J connectivity index is 2.25. The molecule has 0 bridgehead atoms. The maximum Gasteiger partial charge on any atom is 0.416 e. The van der Waals surface area contributed by atoms with Gasteiger partial charge in [-0.3, -0.25) is 5.43 Å². The van der Waals surface area contributed by atoms with Gasteiger partial charge in [0.25, 0.3) is 0 Å². The molecule has 2 rings (SSSR count). The molecular formula is C16H20ClF3N4O2. The molecule has 1 saturated heterocycles. The second-order valence-corrected chi connectivity index (χ2v) is 6.16. The van der Waals surface area contributed by atoms with Gasteiger partial charge in [0, 0.05) is 26.2 Å². The van der Waals surface area contributed by atoms with Crippen LogP contribution in [0.25, 0.3) is 0 Å². The van der Waals surface area contributed by atoms with E-state index >= 15 is 0 Å². The van der Waals surface area contributed by atoms with Crippen molar-refractivity contribution in [3.05, 3.63) is 28.8 Å². The maximum atomic E-state index is 12.9. The molecule has 0 radical (unpaired) electrons. The van der Waals surface area contributed by atoms with Gasteiger partial charge in [0.15, 0.2) is 0 Å². The van der Waals surface area contributed by atoms with E-state index in [9.17, 15) is 18.0 Å². The van der Waals surface area contributed by atoms with Crippen LogP contribution in [-0.4, -0.2) is 61.4 Å². The Labute approximate surface area is 154 Å². The molecule has 0 aromatic heterocycles. The van der Waals surface area contributed by atoms with Crippen LogP contribution in [0.3, 0.4) is 0 Å². The molecule has 10 heteroatoms. The van der Waals surface area contributed by atoms with Crippen molar-refractivity contribution >= 4 is 29.1 Å². The predicted octanol–water partition coefficient (Wildman–Crippen LogP) is 2.89. The highest BCUT2D eigenvalue weighted by Gasteiger charge is 2.31. The number of carbonyl (C=O) groups excluding carboxylic acids is 1. The summed E-state index contributed by atoms with van der Waals surface area (Å²) in [5.41, 5.74) is 1.57. The van der Waals surface area contributed by atoms with Crippen LogP contribution in [0.15, 0.2) is 23.3 Å². The third kappa shape index (κ3) is 5.25. The number of piperazine rings is 1. The highest BCUT2D eigenvalue weighted by atomic mass is 35.5. The fourth-order valence-electron chi connectivity index (χ4n) is 2.36. The minimum Gasteiger partial charge on any atom is -0.460 e. The van der Waals surface area contributed by atoms with E-state index in [1.807, 2.05) is 7.05 Å². The number of nitrogens with zero attached hydrogens (tertiary/aromatic N) is 3. The topological polar surface area (TPSA) is 57.2 Å². The average molecular weight is 393 g/mol. The number of halogens is 4. The van der Waals surface area contributed by atoms with Gasteiger partial charge in [-0.05, 0) is 32.2 Å². The fourth-order valence-corrected chi connectivity index (χ4v) is 2.52. The lowest BCUT2D eigenvalue weighted by Gasteiger charge is -2.33. The van der Waals surface area contributed by atoms with Gasteiger partial charge >= 0.3 is 12.1 Å². The summed E-state index contributed by atoms with van der Waals surface area (Å²) in [5.74, 6) is -0.638. The van der Waals surface area contributed by atoms with Gasteiger partial charge in [-0.25, -0.2) is 4.79 Å². The Morgan fingerprint density at radius 2 is 1.96 bits per heavy atom. The van der Waals surface area contributed by atoms with E-state index in [1.54, 1.807) is 11.8 Å². The van der Waals surface area contributed by atoms with E-state index in [0.717, 1.165) is 31.3 Å². The quantitative estimate of drug-likeness (QED) is 0.371. The molecule has 0 saturated carbocycles. The van der Waals surface area contributed by atoms with Gasteiger partial charge in [-0.2, -0.15) is 13.2 Å². The Morgan fingerprint density at radius 3 is 2.54 bits per heavy atom. The molecule has 0 atom stereocenters. The first kappa shape index (κ1) is 20.3. The molecule has 1 aromatic carbocycles. The zero-order valence-corrected chi connectivity index (χ0v) is 15.2. The van der Waals surface area contributed by atoms with Crippen molar-refractivity contribution in [2.24, 2.45) is 5.10 Å². The van der Waals surface area contributed by atoms with Crippen LogP contribution < -0.4 is 5.43 Å². The molecule has 1 N–H and O–H groups in total. The first-order valence-electron chi connectivity index (χ1n) is 8.03. The van der Waals surface area contributed by atoms with Crippen molar-refractivity contribution in [2.45, 2.75) is 13.1 Å². The summed E-state index contributed by atoms with van der Waals surface area (Å²) in [4.78, 5) is 16.0. The number of esters is 1. The van der Waals surface area contributed by atoms with Crippen LogP contribution in [0.2, 0.25) is 5.02 Å². The maximum absolute atomic E-state index is 12.9. The van der Waals surface area contributed by atoms with E-state index < -0.39 is 17.7 Å². The summed E-state index contributed by atoms with van der Waals surface area (Å²) in [6.07, 6.45) is -4.51. The second-order valence-electron chi connectivity index (χ2n) is 5.75. The van der Waals surface area contributed by atoms with Crippen molar-refractivity contribution < 1.29 is 22.7 Å². The lowest BCUT2D eigenvalue weighted by atomic mass is 10.2. The van der Waals surface area contributed by atoms with Crippen molar-refractivity contribution in [1.82, 2.24) is 9.80 Å². The summed E-state index contributed by atoms with van der Waals surface area (Å²) < 4.78 is 43.6. The lowest BCUT2D eigenvalue weighted by Crippen LogP contribution is -2.50. The molecule has 144 valence electrons. The number of rotatable bonds is 3. The number of hydrogen-bond acceptors (Lipinski definition) is 5. The van der Waals surface area contributed by atoms with Crippen LogP contribution in [0, 0.1) is 0 Å². The van der Waals surface area contributed by atoms with Crippen LogP contribution in [0.1, 0.15) is 12.5 Å². The summed E-state index contributed by atoms with van der Waals surface area (Å²) in [5, 5.41) is 4.05. The number of amidine groups is 1. The molecule has 0 amide bonds. The van der Waals surface area contributed by atoms with Crippen LogP contribution in [0.5, 0.6) is 0 Å². The standard InChI is InChI=1S/C16H20ClF3N4O2/c1-3-26-15(25)14(24-8-6-23(2)7-9-24)22-21-13-10-11(16(18,19)20)4-5-12(13)17/h4-5,10,21H,3,6-9H2,1-2H3/b22-14-. The Morgan fingerprint density at radius 1 is 1.31 bits per heavy atom. The van der Waals surface area contributed by atoms with Gasteiger partial charge < -0.3 is 14.5 Å². The Hall–Kier alpha value is -2.00. The molecular weight excluding hydrogens is 373 g/mol.